The summed E-state index contributed by atoms with van der Waals surface area (Å²) in [5.74, 6) is -0.554. The van der Waals surface area contributed by atoms with Gasteiger partial charge in [0, 0.05) is 18.8 Å². The number of amides is 2. The van der Waals surface area contributed by atoms with Gasteiger partial charge in [0.05, 0.1) is 11.1 Å². The fourth-order valence-corrected chi connectivity index (χ4v) is 3.70. The number of anilines is 1. The van der Waals surface area contributed by atoms with E-state index >= 15 is 0 Å². The molecule has 0 spiro atoms. The summed E-state index contributed by atoms with van der Waals surface area (Å²) in [5.41, 5.74) is 2.21. The van der Waals surface area contributed by atoms with E-state index in [9.17, 15) is 18.0 Å². The summed E-state index contributed by atoms with van der Waals surface area (Å²) in [6.45, 7) is 2.27. The van der Waals surface area contributed by atoms with Crippen LogP contribution in [0.5, 0.6) is 0 Å². The Morgan fingerprint density at radius 2 is 1.50 bits per heavy atom. The van der Waals surface area contributed by atoms with Gasteiger partial charge in [0.1, 0.15) is 0 Å². The summed E-state index contributed by atoms with van der Waals surface area (Å²) in [6.07, 6.45) is 0.492. The van der Waals surface area contributed by atoms with E-state index in [2.05, 4.69) is 9.44 Å². The van der Waals surface area contributed by atoms with Crippen molar-refractivity contribution in [2.24, 2.45) is 0 Å². The summed E-state index contributed by atoms with van der Waals surface area (Å²) in [5, 5.41) is 0. The van der Waals surface area contributed by atoms with Crippen LogP contribution >= 0.6 is 0 Å². The van der Waals surface area contributed by atoms with Crippen LogP contribution in [0.3, 0.4) is 0 Å². The van der Waals surface area contributed by atoms with Crippen molar-refractivity contribution in [1.82, 2.24) is 9.62 Å². The fourth-order valence-electron chi connectivity index (χ4n) is 2.80. The fraction of sp³-hybridized carbons (Fsp3) is 0.222. The number of hydrogen-bond acceptors (Lipinski definition) is 4. The average molecular weight is 373 g/mol. The van der Waals surface area contributed by atoms with Crippen LogP contribution in [0.25, 0.3) is 0 Å². The molecular weight excluding hydrogens is 354 g/mol. The number of fused-ring (bicyclic) bond motifs is 1. The maximum absolute atomic E-state index is 12.3. The van der Waals surface area contributed by atoms with E-state index in [4.69, 9.17) is 0 Å². The van der Waals surface area contributed by atoms with E-state index < -0.39 is 10.2 Å². The first-order valence-corrected chi connectivity index (χ1v) is 9.71. The van der Waals surface area contributed by atoms with E-state index in [-0.39, 0.29) is 18.4 Å². The Labute approximate surface area is 152 Å². The molecule has 0 aromatic heterocycles. The molecule has 2 amide bonds. The summed E-state index contributed by atoms with van der Waals surface area (Å²) in [7, 11) is -3.57. The van der Waals surface area contributed by atoms with Crippen LogP contribution in [0.15, 0.2) is 48.5 Å². The van der Waals surface area contributed by atoms with Gasteiger partial charge in [-0.25, -0.2) is 0 Å². The Bertz CT molecular complexity index is 904. The van der Waals surface area contributed by atoms with Crippen LogP contribution in [0, 0.1) is 0 Å². The summed E-state index contributed by atoms with van der Waals surface area (Å²) < 4.78 is 28.1. The summed E-state index contributed by atoms with van der Waals surface area (Å²) in [4.78, 5) is 25.9. The maximum atomic E-state index is 12.3. The molecule has 0 fully saturated rings. The number of hydrogen-bond donors (Lipinski definition) is 2. The Morgan fingerprint density at radius 3 is 2.04 bits per heavy atom. The highest BCUT2D eigenvalue weighted by Gasteiger charge is 2.34. The summed E-state index contributed by atoms with van der Waals surface area (Å²) in [6, 6.07) is 13.6. The van der Waals surface area contributed by atoms with Crippen LogP contribution < -0.4 is 9.44 Å². The first kappa shape index (κ1) is 18.1. The van der Waals surface area contributed by atoms with Gasteiger partial charge in [-0.2, -0.15) is 13.1 Å². The molecule has 2 aromatic rings. The van der Waals surface area contributed by atoms with Gasteiger partial charge >= 0.3 is 0 Å². The molecule has 2 aromatic carbocycles. The molecule has 1 aliphatic rings. The highest BCUT2D eigenvalue weighted by molar-refractivity contribution is 7.90. The first-order chi connectivity index (χ1) is 12.4. The van der Waals surface area contributed by atoms with Gasteiger partial charge in [0.15, 0.2) is 0 Å². The summed E-state index contributed by atoms with van der Waals surface area (Å²) >= 11 is 0. The highest BCUT2D eigenvalue weighted by Crippen LogP contribution is 2.22. The van der Waals surface area contributed by atoms with Crippen molar-refractivity contribution in [1.29, 1.82) is 0 Å². The number of nitrogens with one attached hydrogen (secondary N) is 2. The van der Waals surface area contributed by atoms with Crippen molar-refractivity contribution in [2.45, 2.75) is 13.3 Å². The lowest BCUT2D eigenvalue weighted by Gasteiger charge is -2.14. The van der Waals surface area contributed by atoms with Crippen molar-refractivity contribution in [3.63, 3.8) is 0 Å². The van der Waals surface area contributed by atoms with E-state index in [0.717, 1.165) is 5.56 Å². The molecule has 0 radical (unpaired) electrons. The molecule has 136 valence electrons. The second-order valence-corrected chi connectivity index (χ2v) is 7.36. The predicted molar refractivity (Wildman–Crippen MR) is 98.2 cm³/mol. The lowest BCUT2D eigenvalue weighted by Crippen LogP contribution is -2.31. The minimum atomic E-state index is -3.57. The van der Waals surface area contributed by atoms with Gasteiger partial charge in [-0.3, -0.25) is 19.2 Å². The molecule has 3 rings (SSSR count). The molecule has 26 heavy (non-hydrogen) atoms. The standard InChI is InChI=1S/C18H19N3O4S/c1-2-19-26(24,25)20-14-9-7-13(8-10-14)11-12-21-17(22)15-5-3-4-6-16(15)18(21)23/h3-10,19-20H,2,11-12H2,1H3. The van der Waals surface area contributed by atoms with Crippen molar-refractivity contribution in [3.8, 4) is 0 Å². The molecule has 0 aliphatic carbocycles. The third-order valence-corrected chi connectivity index (χ3v) is 5.22. The number of rotatable bonds is 7. The van der Waals surface area contributed by atoms with Crippen LogP contribution in [-0.2, 0) is 16.6 Å². The Hall–Kier alpha value is -2.71. The first-order valence-electron chi connectivity index (χ1n) is 8.23. The smallest absolute Gasteiger partial charge is 0.274 e. The number of benzene rings is 2. The highest BCUT2D eigenvalue weighted by atomic mass is 32.2. The van der Waals surface area contributed by atoms with Crippen molar-refractivity contribution in [2.75, 3.05) is 17.8 Å². The molecule has 0 saturated heterocycles. The molecule has 2 N–H and O–H groups in total. The molecule has 8 heteroatoms. The average Bonchev–Trinajstić information content (AvgIpc) is 2.85. The zero-order chi connectivity index (χ0) is 18.7. The third-order valence-electron chi connectivity index (χ3n) is 4.04. The van der Waals surface area contributed by atoms with Crippen LogP contribution in [-0.4, -0.2) is 38.2 Å². The maximum Gasteiger partial charge on any atom is 0.299 e. The van der Waals surface area contributed by atoms with Crippen molar-refractivity contribution >= 4 is 27.7 Å². The lowest BCUT2D eigenvalue weighted by molar-refractivity contribution is 0.0656. The van der Waals surface area contributed by atoms with Gasteiger partial charge in [-0.15, -0.1) is 0 Å². The van der Waals surface area contributed by atoms with E-state index in [0.29, 0.717) is 29.8 Å². The van der Waals surface area contributed by atoms with Crippen molar-refractivity contribution < 1.29 is 18.0 Å². The number of carbonyl (C=O) groups is 2. The van der Waals surface area contributed by atoms with Gasteiger partial charge in [0.2, 0.25) is 0 Å². The Balaban J connectivity index is 1.63. The van der Waals surface area contributed by atoms with Gasteiger partial charge in [-0.1, -0.05) is 31.2 Å². The monoisotopic (exact) mass is 373 g/mol. The third kappa shape index (κ3) is 3.76. The molecule has 1 aliphatic heterocycles. The largest absolute Gasteiger partial charge is 0.299 e. The van der Waals surface area contributed by atoms with Gasteiger partial charge in [0.25, 0.3) is 22.0 Å². The van der Waals surface area contributed by atoms with Gasteiger partial charge < -0.3 is 0 Å². The zero-order valence-electron chi connectivity index (χ0n) is 14.2. The Kier molecular flexibility index (Phi) is 5.06. The minimum Gasteiger partial charge on any atom is -0.274 e. The SMILES string of the molecule is CCNS(=O)(=O)Nc1ccc(CCN2C(=O)c3ccccc3C2=O)cc1. The Morgan fingerprint density at radius 1 is 0.923 bits per heavy atom. The van der Waals surface area contributed by atoms with Crippen LogP contribution in [0.4, 0.5) is 5.69 Å². The lowest BCUT2D eigenvalue weighted by atomic mass is 10.1. The molecule has 0 bridgehead atoms. The van der Waals surface area contributed by atoms with Gasteiger partial charge in [-0.05, 0) is 36.2 Å². The molecule has 1 heterocycles. The molecule has 0 saturated carbocycles. The zero-order valence-corrected chi connectivity index (χ0v) is 15.0. The van der Waals surface area contributed by atoms with Crippen molar-refractivity contribution in [3.05, 3.63) is 65.2 Å². The molecule has 7 nitrogen and oxygen atoms in total. The van der Waals surface area contributed by atoms with E-state index in [1.165, 1.54) is 4.90 Å². The quantitative estimate of drug-likeness (QED) is 0.724. The number of nitrogens with zero attached hydrogens (tertiary/aromatic N) is 1. The second kappa shape index (κ2) is 7.27. The molecule has 0 atom stereocenters. The second-order valence-electron chi connectivity index (χ2n) is 5.86. The topological polar surface area (TPSA) is 95.6 Å². The van der Waals surface area contributed by atoms with Crippen LogP contribution in [0.2, 0.25) is 0 Å². The number of carbonyl (C=O) groups excluding carboxylic acids is 2. The molecule has 0 unspecified atom stereocenters. The predicted octanol–water partition coefficient (Wildman–Crippen LogP) is 1.79. The van der Waals surface area contributed by atoms with E-state index in [1.54, 1.807) is 55.5 Å². The minimum absolute atomic E-state index is 0.273. The van der Waals surface area contributed by atoms with E-state index in [1.807, 2.05) is 0 Å². The molecular formula is C18H19N3O4S. The number of imide groups is 1. The normalized spacial score (nSPS) is 13.8. The van der Waals surface area contributed by atoms with Crippen LogP contribution in [0.1, 0.15) is 33.2 Å².